The molecule has 1 saturated carbocycles. The normalized spacial score (nSPS) is 20.6. The Kier molecular flexibility index (Phi) is 4.61. The minimum atomic E-state index is -3.04. The summed E-state index contributed by atoms with van der Waals surface area (Å²) in [4.78, 5) is 6.58. The number of anilines is 1. The van der Waals surface area contributed by atoms with Gasteiger partial charge in [0.05, 0.1) is 10.3 Å². The lowest BCUT2D eigenvalue weighted by Crippen LogP contribution is -2.40. The number of sulfonamides is 1. The summed E-state index contributed by atoms with van der Waals surface area (Å²) in [6.07, 6.45) is 5.31. The molecule has 0 unspecified atom stereocenters. The van der Waals surface area contributed by atoms with E-state index in [-0.39, 0.29) is 5.25 Å². The molecule has 2 fully saturated rings. The molecule has 5 nitrogen and oxygen atoms in total. The smallest absolute Gasteiger partial charge is 0.216 e. The predicted molar refractivity (Wildman–Crippen MR) is 88.8 cm³/mol. The molecule has 22 heavy (non-hydrogen) atoms. The van der Waals surface area contributed by atoms with E-state index in [4.69, 9.17) is 11.6 Å². The molecule has 0 bridgehead atoms. The zero-order valence-electron chi connectivity index (χ0n) is 12.8. The minimum Gasteiger partial charge on any atom is -0.357 e. The average molecular weight is 344 g/mol. The highest BCUT2D eigenvalue weighted by atomic mass is 35.5. The number of hydrogen-bond donors (Lipinski definition) is 0. The second-order valence-electron chi connectivity index (χ2n) is 6.29. The average Bonchev–Trinajstić information content (AvgIpc) is 3.34. The molecule has 0 spiro atoms. The van der Waals surface area contributed by atoms with Gasteiger partial charge in [-0.3, -0.25) is 0 Å². The highest BCUT2D eigenvalue weighted by Gasteiger charge is 2.39. The lowest BCUT2D eigenvalue weighted by atomic mass is 9.97. The molecule has 1 aromatic rings. The molecule has 1 aliphatic heterocycles. The first kappa shape index (κ1) is 16.0. The maximum Gasteiger partial charge on any atom is 0.216 e. The molecule has 3 rings (SSSR count). The van der Waals surface area contributed by atoms with E-state index in [2.05, 4.69) is 9.88 Å². The Bertz CT molecular complexity index is 608. The summed E-state index contributed by atoms with van der Waals surface area (Å²) >= 11 is 5.86. The van der Waals surface area contributed by atoms with Gasteiger partial charge in [-0.25, -0.2) is 17.7 Å². The van der Waals surface area contributed by atoms with Crippen molar-refractivity contribution in [2.24, 2.45) is 5.92 Å². The molecule has 1 aliphatic carbocycles. The van der Waals surface area contributed by atoms with Crippen LogP contribution >= 0.6 is 11.6 Å². The third-order valence-corrected chi connectivity index (χ3v) is 7.10. The van der Waals surface area contributed by atoms with Gasteiger partial charge in [0.2, 0.25) is 10.0 Å². The van der Waals surface area contributed by atoms with Crippen LogP contribution in [0.2, 0.25) is 5.02 Å². The highest BCUT2D eigenvalue weighted by Crippen LogP contribution is 2.31. The second-order valence-corrected chi connectivity index (χ2v) is 9.05. The zero-order chi connectivity index (χ0) is 15.7. The fourth-order valence-corrected chi connectivity index (χ4v) is 4.76. The Balaban J connectivity index is 1.52. The lowest BCUT2D eigenvalue weighted by Gasteiger charge is -2.34. The molecule has 0 radical (unpaired) electrons. The molecule has 7 heteroatoms. The summed E-state index contributed by atoms with van der Waals surface area (Å²) in [5, 5.41) is 0.529. The minimum absolute atomic E-state index is 0.115. The molecule has 0 atom stereocenters. The number of nitrogens with zero attached hydrogens (tertiary/aromatic N) is 3. The van der Waals surface area contributed by atoms with Gasteiger partial charge >= 0.3 is 0 Å². The quantitative estimate of drug-likeness (QED) is 0.823. The first-order valence-corrected chi connectivity index (χ1v) is 9.66. The Hall–Kier alpha value is -0.850. The molecule has 1 aromatic heterocycles. The third kappa shape index (κ3) is 3.55. The van der Waals surface area contributed by atoms with Crippen molar-refractivity contribution in [3.63, 3.8) is 0 Å². The molecular formula is C15H22ClN3O2S. The van der Waals surface area contributed by atoms with Gasteiger partial charge in [0.1, 0.15) is 5.82 Å². The van der Waals surface area contributed by atoms with Gasteiger partial charge in [-0.2, -0.15) is 0 Å². The van der Waals surface area contributed by atoms with Crippen molar-refractivity contribution in [2.45, 2.75) is 30.9 Å². The third-order valence-electron chi connectivity index (χ3n) is 4.55. The van der Waals surface area contributed by atoms with Gasteiger partial charge in [-0.15, -0.1) is 0 Å². The fourth-order valence-electron chi connectivity index (χ4n) is 2.99. The monoisotopic (exact) mass is 343 g/mol. The van der Waals surface area contributed by atoms with Crippen molar-refractivity contribution in [1.29, 1.82) is 0 Å². The van der Waals surface area contributed by atoms with E-state index in [0.717, 1.165) is 44.6 Å². The van der Waals surface area contributed by atoms with Crippen molar-refractivity contribution in [3.8, 4) is 0 Å². The maximum absolute atomic E-state index is 12.2. The first-order chi connectivity index (χ1) is 10.5. The van der Waals surface area contributed by atoms with E-state index in [0.29, 0.717) is 17.5 Å². The molecule has 2 aliphatic rings. The number of pyridine rings is 1. The Morgan fingerprint density at radius 2 is 1.95 bits per heavy atom. The van der Waals surface area contributed by atoms with E-state index in [1.165, 1.54) is 0 Å². The number of aromatic nitrogens is 1. The van der Waals surface area contributed by atoms with Gasteiger partial charge < -0.3 is 4.90 Å². The topological polar surface area (TPSA) is 53.5 Å². The summed E-state index contributed by atoms with van der Waals surface area (Å²) in [6.45, 7) is 2.47. The van der Waals surface area contributed by atoms with Crippen LogP contribution in [0, 0.1) is 5.92 Å². The Morgan fingerprint density at radius 1 is 1.27 bits per heavy atom. The van der Waals surface area contributed by atoms with Crippen molar-refractivity contribution in [2.75, 3.05) is 31.6 Å². The van der Waals surface area contributed by atoms with Crippen molar-refractivity contribution >= 4 is 27.4 Å². The lowest BCUT2D eigenvalue weighted by molar-refractivity contribution is 0.327. The number of halogens is 1. The van der Waals surface area contributed by atoms with Gasteiger partial charge in [0.25, 0.3) is 0 Å². The SMILES string of the molecule is CN(CC1CCN(c2ccc(Cl)cn2)CC1)S(=O)(=O)C1CC1. The summed E-state index contributed by atoms with van der Waals surface area (Å²) in [7, 11) is -1.32. The number of rotatable bonds is 5. The summed E-state index contributed by atoms with van der Waals surface area (Å²) in [5.41, 5.74) is 0. The van der Waals surface area contributed by atoms with Gasteiger partial charge in [0.15, 0.2) is 0 Å². The molecule has 0 amide bonds. The van der Waals surface area contributed by atoms with Gasteiger partial charge in [0, 0.05) is 32.9 Å². The van der Waals surface area contributed by atoms with Crippen LogP contribution in [0.4, 0.5) is 5.82 Å². The molecular weight excluding hydrogens is 322 g/mol. The van der Waals surface area contributed by atoms with Crippen LogP contribution in [0.25, 0.3) is 0 Å². The standard InChI is InChI=1S/C15H22ClN3O2S/c1-18(22(20,21)14-3-4-14)11-12-6-8-19(9-7-12)15-5-2-13(16)10-17-15/h2,5,10,12,14H,3-4,6-9,11H2,1H3. The van der Waals surface area contributed by atoms with Crippen LogP contribution in [0.1, 0.15) is 25.7 Å². The number of piperidine rings is 1. The van der Waals surface area contributed by atoms with E-state index in [1.807, 2.05) is 12.1 Å². The van der Waals surface area contributed by atoms with Crippen molar-refractivity contribution in [1.82, 2.24) is 9.29 Å². The van der Waals surface area contributed by atoms with Crippen LogP contribution in [-0.4, -0.2) is 49.6 Å². The van der Waals surface area contributed by atoms with E-state index >= 15 is 0 Å². The molecule has 1 saturated heterocycles. The highest BCUT2D eigenvalue weighted by molar-refractivity contribution is 7.90. The van der Waals surface area contributed by atoms with Crippen molar-refractivity contribution in [3.05, 3.63) is 23.4 Å². The molecule has 0 N–H and O–H groups in total. The summed E-state index contributed by atoms with van der Waals surface area (Å²) in [5.74, 6) is 1.38. The number of hydrogen-bond acceptors (Lipinski definition) is 4. The Morgan fingerprint density at radius 3 is 2.50 bits per heavy atom. The van der Waals surface area contributed by atoms with Gasteiger partial charge in [-0.05, 0) is 43.7 Å². The van der Waals surface area contributed by atoms with Crippen LogP contribution in [0.15, 0.2) is 18.3 Å². The first-order valence-electron chi connectivity index (χ1n) is 7.78. The second kappa shape index (κ2) is 6.34. The molecule has 122 valence electrons. The zero-order valence-corrected chi connectivity index (χ0v) is 14.4. The summed E-state index contributed by atoms with van der Waals surface area (Å²) in [6, 6.07) is 3.79. The molecule has 2 heterocycles. The van der Waals surface area contributed by atoms with Crippen LogP contribution < -0.4 is 4.90 Å². The fraction of sp³-hybridized carbons (Fsp3) is 0.667. The molecule has 0 aromatic carbocycles. The van der Waals surface area contributed by atoms with Crippen molar-refractivity contribution < 1.29 is 8.42 Å². The van der Waals surface area contributed by atoms with Crippen LogP contribution in [0.5, 0.6) is 0 Å². The summed E-state index contributed by atoms with van der Waals surface area (Å²) < 4.78 is 25.9. The Labute approximate surface area is 137 Å². The largest absolute Gasteiger partial charge is 0.357 e. The maximum atomic E-state index is 12.2. The van der Waals surface area contributed by atoms with Crippen LogP contribution in [-0.2, 0) is 10.0 Å². The van der Waals surface area contributed by atoms with Crippen LogP contribution in [0.3, 0.4) is 0 Å². The van der Waals surface area contributed by atoms with E-state index in [9.17, 15) is 8.42 Å². The van der Waals surface area contributed by atoms with E-state index < -0.39 is 10.0 Å². The van der Waals surface area contributed by atoms with Gasteiger partial charge in [-0.1, -0.05) is 11.6 Å². The van der Waals surface area contributed by atoms with E-state index in [1.54, 1.807) is 17.5 Å². The predicted octanol–water partition coefficient (Wildman–Crippen LogP) is 2.38.